The first-order valence-corrected chi connectivity index (χ1v) is 8.31. The summed E-state index contributed by atoms with van der Waals surface area (Å²) >= 11 is 1.67. The molecule has 1 amide bonds. The van der Waals surface area contributed by atoms with E-state index in [0.29, 0.717) is 0 Å². The lowest BCUT2D eigenvalue weighted by molar-refractivity contribution is -0.117. The molecule has 1 N–H and O–H groups in total. The van der Waals surface area contributed by atoms with Crippen molar-refractivity contribution in [2.75, 3.05) is 11.1 Å². The second-order valence-electron chi connectivity index (χ2n) is 5.31. The molecule has 0 bridgehead atoms. The van der Waals surface area contributed by atoms with E-state index in [1.807, 2.05) is 12.1 Å². The van der Waals surface area contributed by atoms with E-state index in [4.69, 9.17) is 0 Å². The fourth-order valence-electron chi connectivity index (χ4n) is 2.49. The number of hydrogen-bond acceptors (Lipinski definition) is 3. The normalized spacial score (nSPS) is 19.7. The zero-order valence-electron chi connectivity index (χ0n) is 12.3. The molecular weight excluding hydrogens is 299 g/mol. The molecule has 1 aromatic heterocycles. The van der Waals surface area contributed by atoms with Crippen LogP contribution >= 0.6 is 11.8 Å². The second kappa shape index (κ2) is 6.48. The minimum atomic E-state index is -0.249. The predicted molar refractivity (Wildman–Crippen MR) is 86.5 cm³/mol. The van der Waals surface area contributed by atoms with Crippen molar-refractivity contribution in [2.24, 2.45) is 5.92 Å². The third-order valence-corrected chi connectivity index (χ3v) is 4.55. The van der Waals surface area contributed by atoms with Crippen molar-refractivity contribution in [1.29, 1.82) is 0 Å². The summed E-state index contributed by atoms with van der Waals surface area (Å²) in [4.78, 5) is 16.5. The highest BCUT2D eigenvalue weighted by atomic mass is 32.2. The fourth-order valence-corrected chi connectivity index (χ4v) is 3.07. The number of nitrogens with zero attached hydrogens (tertiary/aromatic N) is 1. The number of anilines is 1. The van der Waals surface area contributed by atoms with Gasteiger partial charge in [0.25, 0.3) is 0 Å². The molecule has 1 aliphatic carbocycles. The Kier molecular flexibility index (Phi) is 4.43. The Morgan fingerprint density at radius 1 is 1.32 bits per heavy atom. The van der Waals surface area contributed by atoms with Gasteiger partial charge in [-0.15, -0.1) is 11.8 Å². The van der Waals surface area contributed by atoms with E-state index in [-0.39, 0.29) is 23.6 Å². The summed E-state index contributed by atoms with van der Waals surface area (Å²) in [6, 6.07) is 10.2. The highest BCUT2D eigenvalue weighted by Gasteiger charge is 2.43. The number of hydrogen-bond donors (Lipinski definition) is 1. The Hall–Kier alpha value is -1.88. The molecule has 0 aliphatic heterocycles. The second-order valence-corrected chi connectivity index (χ2v) is 6.59. The summed E-state index contributed by atoms with van der Waals surface area (Å²) in [5, 5.41) is 3.85. The van der Waals surface area contributed by atoms with Crippen LogP contribution in [0.25, 0.3) is 0 Å². The molecule has 1 fully saturated rings. The van der Waals surface area contributed by atoms with Crippen molar-refractivity contribution in [1.82, 2.24) is 4.98 Å². The predicted octanol–water partition coefficient (Wildman–Crippen LogP) is 4.07. The largest absolute Gasteiger partial charge is 0.324 e. The van der Waals surface area contributed by atoms with E-state index < -0.39 is 0 Å². The van der Waals surface area contributed by atoms with Crippen LogP contribution in [0.3, 0.4) is 0 Å². The van der Waals surface area contributed by atoms with Gasteiger partial charge in [-0.2, -0.15) is 0 Å². The first-order chi connectivity index (χ1) is 10.7. The molecular formula is C17H17FN2OS. The Bertz CT molecular complexity index is 657. The lowest BCUT2D eigenvalue weighted by atomic mass is 10.1. The molecule has 1 saturated carbocycles. The molecule has 5 heteroatoms. The van der Waals surface area contributed by atoms with Gasteiger partial charge >= 0.3 is 0 Å². The Morgan fingerprint density at radius 3 is 2.73 bits per heavy atom. The number of nitrogens with one attached hydrogen (secondary N) is 1. The van der Waals surface area contributed by atoms with Crippen LogP contribution in [0.15, 0.2) is 47.6 Å². The van der Waals surface area contributed by atoms with Crippen LogP contribution in [0.1, 0.15) is 24.8 Å². The van der Waals surface area contributed by atoms with Crippen molar-refractivity contribution < 1.29 is 9.18 Å². The molecule has 0 spiro atoms. The lowest BCUT2D eigenvalue weighted by Crippen LogP contribution is -2.14. The van der Waals surface area contributed by atoms with Crippen molar-refractivity contribution in [3.05, 3.63) is 54.0 Å². The van der Waals surface area contributed by atoms with Crippen LogP contribution in [0, 0.1) is 11.7 Å². The van der Waals surface area contributed by atoms with Gasteiger partial charge in [0.05, 0.1) is 16.9 Å². The molecule has 0 saturated heterocycles. The Labute approximate surface area is 133 Å². The number of amides is 1. The standard InChI is InChI=1S/C17H17FN2OS/c1-2-22-16-8-7-13(10-19-16)20-17(21)15-9-14(15)11-3-5-12(18)6-4-11/h3-8,10,14-15H,2,9H2,1H3,(H,20,21)/t14-,15+/m0/s1. The van der Waals surface area contributed by atoms with Gasteiger partial charge in [-0.3, -0.25) is 4.79 Å². The number of aromatic nitrogens is 1. The van der Waals surface area contributed by atoms with E-state index >= 15 is 0 Å². The van der Waals surface area contributed by atoms with E-state index in [0.717, 1.165) is 28.5 Å². The number of halogens is 1. The minimum absolute atomic E-state index is 0.00650. The maximum Gasteiger partial charge on any atom is 0.228 e. The molecule has 3 nitrogen and oxygen atoms in total. The Balaban J connectivity index is 1.58. The van der Waals surface area contributed by atoms with Crippen molar-refractivity contribution >= 4 is 23.4 Å². The third-order valence-electron chi connectivity index (χ3n) is 3.72. The monoisotopic (exact) mass is 316 g/mol. The summed E-state index contributed by atoms with van der Waals surface area (Å²) in [7, 11) is 0. The van der Waals surface area contributed by atoms with Crippen molar-refractivity contribution in [2.45, 2.75) is 24.3 Å². The third kappa shape index (κ3) is 3.47. The van der Waals surface area contributed by atoms with E-state index in [1.54, 1.807) is 30.1 Å². The van der Waals surface area contributed by atoms with Gasteiger partial charge in [0.2, 0.25) is 5.91 Å². The molecule has 0 unspecified atom stereocenters. The summed E-state index contributed by atoms with van der Waals surface area (Å²) in [5.41, 5.74) is 1.74. The first kappa shape index (κ1) is 15.0. The molecule has 3 rings (SSSR count). The van der Waals surface area contributed by atoms with Gasteiger partial charge in [-0.05, 0) is 47.9 Å². The summed E-state index contributed by atoms with van der Waals surface area (Å²) in [6.07, 6.45) is 2.50. The SMILES string of the molecule is CCSc1ccc(NC(=O)[C@@H]2C[C@H]2c2ccc(F)cc2)cn1. The van der Waals surface area contributed by atoms with Gasteiger partial charge in [0.15, 0.2) is 0 Å². The number of thioether (sulfide) groups is 1. The molecule has 2 atom stereocenters. The average Bonchev–Trinajstić information content (AvgIpc) is 3.31. The maximum absolute atomic E-state index is 12.9. The molecule has 0 radical (unpaired) electrons. The molecule has 22 heavy (non-hydrogen) atoms. The molecule has 114 valence electrons. The maximum atomic E-state index is 12.9. The minimum Gasteiger partial charge on any atom is -0.324 e. The highest BCUT2D eigenvalue weighted by Crippen LogP contribution is 2.47. The van der Waals surface area contributed by atoms with Crippen LogP contribution < -0.4 is 5.32 Å². The van der Waals surface area contributed by atoms with Gasteiger partial charge in [0, 0.05) is 5.92 Å². The quantitative estimate of drug-likeness (QED) is 0.845. The van der Waals surface area contributed by atoms with Crippen LogP contribution in [0.2, 0.25) is 0 Å². The lowest BCUT2D eigenvalue weighted by Gasteiger charge is -2.05. The van der Waals surface area contributed by atoms with E-state index in [2.05, 4.69) is 17.2 Å². The molecule has 1 aliphatic rings. The zero-order chi connectivity index (χ0) is 15.5. The van der Waals surface area contributed by atoms with Crippen LogP contribution in [0.5, 0.6) is 0 Å². The molecule has 1 aromatic carbocycles. The number of benzene rings is 1. The summed E-state index contributed by atoms with van der Waals surface area (Å²) < 4.78 is 12.9. The number of rotatable bonds is 5. The highest BCUT2D eigenvalue weighted by molar-refractivity contribution is 7.99. The number of pyridine rings is 1. The van der Waals surface area contributed by atoms with Crippen molar-refractivity contribution in [3.8, 4) is 0 Å². The Morgan fingerprint density at radius 2 is 2.09 bits per heavy atom. The van der Waals surface area contributed by atoms with Crippen molar-refractivity contribution in [3.63, 3.8) is 0 Å². The number of carbonyl (C=O) groups excluding carboxylic acids is 1. The fraction of sp³-hybridized carbons (Fsp3) is 0.294. The van der Waals surface area contributed by atoms with Crippen LogP contribution in [-0.4, -0.2) is 16.6 Å². The summed E-state index contributed by atoms with van der Waals surface area (Å²) in [5.74, 6) is 0.896. The van der Waals surface area contributed by atoms with Gasteiger partial charge in [0.1, 0.15) is 5.82 Å². The topological polar surface area (TPSA) is 42.0 Å². The molecule has 2 aromatic rings. The van der Waals surface area contributed by atoms with Gasteiger partial charge in [-0.25, -0.2) is 9.37 Å². The van der Waals surface area contributed by atoms with E-state index in [1.165, 1.54) is 12.1 Å². The zero-order valence-corrected chi connectivity index (χ0v) is 13.1. The average molecular weight is 316 g/mol. The first-order valence-electron chi connectivity index (χ1n) is 7.32. The van der Waals surface area contributed by atoms with Crippen LogP contribution in [-0.2, 0) is 4.79 Å². The van der Waals surface area contributed by atoms with E-state index in [9.17, 15) is 9.18 Å². The van der Waals surface area contributed by atoms with Crippen LogP contribution in [0.4, 0.5) is 10.1 Å². The van der Waals surface area contributed by atoms with Gasteiger partial charge in [-0.1, -0.05) is 19.1 Å². The smallest absolute Gasteiger partial charge is 0.228 e. The summed E-state index contributed by atoms with van der Waals surface area (Å²) in [6.45, 7) is 2.07. The van der Waals surface area contributed by atoms with Gasteiger partial charge < -0.3 is 5.32 Å². The molecule has 1 heterocycles. The number of carbonyl (C=O) groups is 1.